The molecule has 0 saturated carbocycles. The standard InChI is InChI=1S/C22H20ClN3O2S/c1-14-3-6-16(9-20(14)23)25-12-26-21(27)10-18(19(11-24)22(26)29-13-25)15-4-7-17(28-2)8-5-15/h3-9,18H,10,12-13H2,1-2H3/t18-/m1/s1. The molecule has 29 heavy (non-hydrogen) atoms. The number of methoxy groups -OCH3 is 1. The number of rotatable bonds is 3. The Morgan fingerprint density at radius 3 is 2.66 bits per heavy atom. The molecule has 0 N–H and O–H groups in total. The highest BCUT2D eigenvalue weighted by molar-refractivity contribution is 8.03. The Hall–Kier alpha value is -2.62. The van der Waals surface area contributed by atoms with Crippen molar-refractivity contribution in [1.82, 2.24) is 4.90 Å². The van der Waals surface area contributed by atoms with Crippen LogP contribution in [-0.2, 0) is 4.79 Å². The van der Waals surface area contributed by atoms with Crippen molar-refractivity contribution in [3.05, 3.63) is 69.2 Å². The third-order valence-electron chi connectivity index (χ3n) is 5.33. The SMILES string of the molecule is COc1ccc([C@H]2CC(=O)N3CN(c4ccc(C)c(Cl)c4)CSC3=C2C#N)cc1. The predicted octanol–water partition coefficient (Wildman–Crippen LogP) is 4.88. The molecule has 2 aromatic rings. The molecule has 4 rings (SSSR count). The summed E-state index contributed by atoms with van der Waals surface area (Å²) in [5, 5.41) is 11.4. The van der Waals surface area contributed by atoms with E-state index in [9.17, 15) is 10.1 Å². The molecule has 1 atom stereocenters. The van der Waals surface area contributed by atoms with Crippen LogP contribution in [0.4, 0.5) is 5.69 Å². The van der Waals surface area contributed by atoms with Gasteiger partial charge in [0.05, 0.1) is 36.3 Å². The highest BCUT2D eigenvalue weighted by atomic mass is 35.5. The lowest BCUT2D eigenvalue weighted by molar-refractivity contribution is -0.129. The number of carbonyl (C=O) groups is 1. The van der Waals surface area contributed by atoms with Crippen LogP contribution in [0.3, 0.4) is 0 Å². The second-order valence-corrected chi connectivity index (χ2v) is 8.41. The van der Waals surface area contributed by atoms with Gasteiger partial charge in [0.15, 0.2) is 0 Å². The first-order chi connectivity index (χ1) is 14.0. The quantitative estimate of drug-likeness (QED) is 0.701. The van der Waals surface area contributed by atoms with Crippen LogP contribution in [0, 0.1) is 18.3 Å². The number of nitriles is 1. The molecule has 0 aromatic heterocycles. The van der Waals surface area contributed by atoms with Crippen molar-refractivity contribution in [2.24, 2.45) is 0 Å². The van der Waals surface area contributed by atoms with Crippen molar-refractivity contribution in [3.8, 4) is 11.8 Å². The van der Waals surface area contributed by atoms with Crippen LogP contribution in [0.2, 0.25) is 5.02 Å². The highest BCUT2D eigenvalue weighted by Crippen LogP contribution is 2.43. The van der Waals surface area contributed by atoms with Gasteiger partial charge in [-0.05, 0) is 42.3 Å². The van der Waals surface area contributed by atoms with Crippen molar-refractivity contribution in [3.63, 3.8) is 0 Å². The molecule has 1 fully saturated rings. The molecule has 2 heterocycles. The zero-order valence-corrected chi connectivity index (χ0v) is 17.8. The number of halogens is 1. The third kappa shape index (κ3) is 3.68. The number of hydrogen-bond donors (Lipinski definition) is 0. The molecule has 5 nitrogen and oxygen atoms in total. The predicted molar refractivity (Wildman–Crippen MR) is 116 cm³/mol. The van der Waals surface area contributed by atoms with E-state index >= 15 is 0 Å². The Morgan fingerprint density at radius 1 is 1.24 bits per heavy atom. The number of amides is 1. The Morgan fingerprint density at radius 2 is 2.00 bits per heavy atom. The molecule has 2 aliphatic rings. The summed E-state index contributed by atoms with van der Waals surface area (Å²) in [7, 11) is 1.62. The number of hydrogen-bond acceptors (Lipinski definition) is 5. The summed E-state index contributed by atoms with van der Waals surface area (Å²) >= 11 is 7.80. The van der Waals surface area contributed by atoms with Gasteiger partial charge in [0.2, 0.25) is 5.91 Å². The van der Waals surface area contributed by atoms with E-state index in [2.05, 4.69) is 11.0 Å². The lowest BCUT2D eigenvalue weighted by Gasteiger charge is -2.42. The van der Waals surface area contributed by atoms with E-state index in [1.54, 1.807) is 12.0 Å². The fourth-order valence-corrected chi connectivity index (χ4v) is 4.97. The van der Waals surface area contributed by atoms with Crippen molar-refractivity contribution >= 4 is 35.0 Å². The van der Waals surface area contributed by atoms with Crippen LogP contribution in [0.15, 0.2) is 53.1 Å². The molecule has 1 amide bonds. The largest absolute Gasteiger partial charge is 0.497 e. The molecule has 0 spiro atoms. The fourth-order valence-electron chi connectivity index (χ4n) is 3.63. The molecule has 0 bridgehead atoms. The lowest BCUT2D eigenvalue weighted by atomic mass is 9.86. The van der Waals surface area contributed by atoms with Crippen LogP contribution >= 0.6 is 23.4 Å². The van der Waals surface area contributed by atoms with Crippen LogP contribution in [0.25, 0.3) is 0 Å². The minimum Gasteiger partial charge on any atom is -0.497 e. The smallest absolute Gasteiger partial charge is 0.229 e. The summed E-state index contributed by atoms with van der Waals surface area (Å²) in [6.45, 7) is 2.38. The Kier molecular flexibility index (Phi) is 5.44. The molecule has 148 valence electrons. The van der Waals surface area contributed by atoms with Gasteiger partial charge in [0, 0.05) is 23.0 Å². The number of nitrogens with zero attached hydrogens (tertiary/aromatic N) is 3. The van der Waals surface area contributed by atoms with Gasteiger partial charge in [-0.1, -0.05) is 41.6 Å². The average molecular weight is 426 g/mol. The van der Waals surface area contributed by atoms with Crippen molar-refractivity contribution in [2.75, 3.05) is 24.6 Å². The topological polar surface area (TPSA) is 56.6 Å². The maximum absolute atomic E-state index is 13.0. The Balaban J connectivity index is 1.64. The summed E-state index contributed by atoms with van der Waals surface area (Å²) < 4.78 is 5.22. The van der Waals surface area contributed by atoms with E-state index in [4.69, 9.17) is 16.3 Å². The lowest BCUT2D eigenvalue weighted by Crippen LogP contribution is -2.47. The van der Waals surface area contributed by atoms with Gasteiger partial charge < -0.3 is 9.64 Å². The Bertz CT molecular complexity index is 1030. The summed E-state index contributed by atoms with van der Waals surface area (Å²) in [6.07, 6.45) is 0.280. The summed E-state index contributed by atoms with van der Waals surface area (Å²) in [5.74, 6) is 1.20. The van der Waals surface area contributed by atoms with Gasteiger partial charge in [0.1, 0.15) is 5.75 Å². The minimum atomic E-state index is -0.225. The third-order valence-corrected chi connectivity index (χ3v) is 6.89. The second-order valence-electron chi connectivity index (χ2n) is 7.07. The number of carbonyl (C=O) groups excluding carboxylic acids is 1. The molecule has 7 heteroatoms. The zero-order chi connectivity index (χ0) is 20.5. The number of anilines is 1. The molecular weight excluding hydrogens is 406 g/mol. The number of ether oxygens (including phenoxy) is 1. The molecule has 2 aromatic carbocycles. The van der Waals surface area contributed by atoms with Gasteiger partial charge in [-0.15, -0.1) is 0 Å². The van der Waals surface area contributed by atoms with E-state index < -0.39 is 0 Å². The van der Waals surface area contributed by atoms with Crippen LogP contribution < -0.4 is 9.64 Å². The number of aryl methyl sites for hydroxylation is 1. The highest BCUT2D eigenvalue weighted by Gasteiger charge is 2.38. The molecule has 0 aliphatic carbocycles. The van der Waals surface area contributed by atoms with Crippen molar-refractivity contribution < 1.29 is 9.53 Å². The van der Waals surface area contributed by atoms with Crippen LogP contribution in [0.1, 0.15) is 23.5 Å². The Labute approximate surface area is 179 Å². The number of thioether (sulfide) groups is 1. The van der Waals surface area contributed by atoms with Crippen LogP contribution in [-0.4, -0.2) is 30.5 Å². The minimum absolute atomic E-state index is 0.0234. The molecular formula is C22H20ClN3O2S. The van der Waals surface area contributed by atoms with E-state index in [0.717, 1.165) is 27.6 Å². The first-order valence-corrected chi connectivity index (χ1v) is 10.6. The normalized spacial score (nSPS) is 19.1. The van der Waals surface area contributed by atoms with Gasteiger partial charge in [-0.3, -0.25) is 9.69 Å². The maximum Gasteiger partial charge on any atom is 0.229 e. The van der Waals surface area contributed by atoms with E-state index in [1.165, 1.54) is 11.8 Å². The van der Waals surface area contributed by atoms with Gasteiger partial charge in [-0.2, -0.15) is 5.26 Å². The summed E-state index contributed by atoms with van der Waals surface area (Å²) in [4.78, 5) is 16.8. The van der Waals surface area contributed by atoms with Gasteiger partial charge in [0.25, 0.3) is 0 Å². The van der Waals surface area contributed by atoms with Gasteiger partial charge >= 0.3 is 0 Å². The van der Waals surface area contributed by atoms with Crippen molar-refractivity contribution in [2.45, 2.75) is 19.3 Å². The number of allylic oxidation sites excluding steroid dienone is 1. The molecule has 0 radical (unpaired) electrons. The van der Waals surface area contributed by atoms with E-state index in [1.807, 2.05) is 49.4 Å². The number of benzene rings is 2. The maximum atomic E-state index is 13.0. The fraction of sp³-hybridized carbons (Fsp3) is 0.273. The summed E-state index contributed by atoms with van der Waals surface area (Å²) in [6, 6.07) is 15.9. The van der Waals surface area contributed by atoms with Crippen LogP contribution in [0.5, 0.6) is 5.75 Å². The van der Waals surface area contributed by atoms with Crippen molar-refractivity contribution in [1.29, 1.82) is 5.26 Å². The number of fused-ring (bicyclic) bond motifs is 1. The van der Waals surface area contributed by atoms with E-state index in [-0.39, 0.29) is 18.2 Å². The molecule has 1 saturated heterocycles. The first-order valence-electron chi connectivity index (χ1n) is 9.24. The van der Waals surface area contributed by atoms with Gasteiger partial charge in [-0.25, -0.2) is 0 Å². The average Bonchev–Trinajstić information content (AvgIpc) is 2.75. The first kappa shape index (κ1) is 19.7. The van der Waals surface area contributed by atoms with E-state index in [0.29, 0.717) is 23.1 Å². The molecule has 2 aliphatic heterocycles. The second kappa shape index (κ2) is 8.02. The molecule has 0 unspecified atom stereocenters. The summed E-state index contributed by atoms with van der Waals surface area (Å²) in [5.41, 5.74) is 3.59. The monoisotopic (exact) mass is 425 g/mol. The zero-order valence-electron chi connectivity index (χ0n) is 16.2.